The lowest BCUT2D eigenvalue weighted by Crippen LogP contribution is -2.47. The van der Waals surface area contributed by atoms with E-state index in [4.69, 9.17) is 14.2 Å². The summed E-state index contributed by atoms with van der Waals surface area (Å²) in [6.07, 6.45) is 4.97. The molecule has 2 saturated heterocycles. The lowest BCUT2D eigenvalue weighted by Gasteiger charge is -2.33. The topological polar surface area (TPSA) is 72.4 Å². The molecule has 0 amide bonds. The Hall–Kier alpha value is -1.34. The van der Waals surface area contributed by atoms with Crippen LogP contribution in [0.15, 0.2) is 4.99 Å². The molecule has 0 aromatic heterocycles. The number of carbonyl (C=O) groups is 1. The summed E-state index contributed by atoms with van der Waals surface area (Å²) in [4.78, 5) is 18.4. The van der Waals surface area contributed by atoms with Gasteiger partial charge in [-0.15, -0.1) is 0 Å². The maximum Gasteiger partial charge on any atom is 0.309 e. The molecule has 0 radical (unpaired) electrons. The van der Waals surface area contributed by atoms with E-state index in [1.54, 1.807) is 7.05 Å². The maximum absolute atomic E-state index is 11.8. The van der Waals surface area contributed by atoms with E-state index < -0.39 is 0 Å². The van der Waals surface area contributed by atoms with Crippen molar-refractivity contribution in [3.63, 3.8) is 0 Å². The van der Waals surface area contributed by atoms with Crippen molar-refractivity contribution in [3.05, 3.63) is 0 Å². The fraction of sp³-hybridized carbons (Fsp3) is 0.889. The van der Waals surface area contributed by atoms with Gasteiger partial charge in [0.15, 0.2) is 5.96 Å². The molecule has 7 heteroatoms. The molecule has 7 nitrogen and oxygen atoms in total. The minimum absolute atomic E-state index is 0.0298. The first-order valence-electron chi connectivity index (χ1n) is 9.56. The quantitative estimate of drug-likeness (QED) is 0.322. The number of aliphatic imine (C=N–C) groups is 1. The highest BCUT2D eigenvalue weighted by molar-refractivity contribution is 5.80. The van der Waals surface area contributed by atoms with Gasteiger partial charge in [0.2, 0.25) is 0 Å². The highest BCUT2D eigenvalue weighted by Gasteiger charge is 2.27. The summed E-state index contributed by atoms with van der Waals surface area (Å²) in [5, 5.41) is 3.40. The van der Waals surface area contributed by atoms with Crippen molar-refractivity contribution in [2.24, 2.45) is 10.9 Å². The number of nitrogens with zero attached hydrogens (tertiary/aromatic N) is 2. The van der Waals surface area contributed by atoms with E-state index in [9.17, 15) is 4.79 Å². The van der Waals surface area contributed by atoms with Crippen LogP contribution in [0.25, 0.3) is 0 Å². The molecule has 0 aromatic carbocycles. The Labute approximate surface area is 151 Å². The molecule has 1 N–H and O–H groups in total. The number of ether oxygens (including phenoxy) is 3. The van der Waals surface area contributed by atoms with Crippen LogP contribution < -0.4 is 5.32 Å². The highest BCUT2D eigenvalue weighted by atomic mass is 16.5. The van der Waals surface area contributed by atoms with Gasteiger partial charge in [0.1, 0.15) is 0 Å². The molecular weight excluding hydrogens is 322 g/mol. The van der Waals surface area contributed by atoms with Gasteiger partial charge in [-0.05, 0) is 39.0 Å². The first-order chi connectivity index (χ1) is 12.2. The minimum atomic E-state index is -0.0599. The Morgan fingerprint density at radius 3 is 2.60 bits per heavy atom. The molecule has 0 spiro atoms. The van der Waals surface area contributed by atoms with Crippen LogP contribution in [0.1, 0.15) is 39.0 Å². The largest absolute Gasteiger partial charge is 0.466 e. The summed E-state index contributed by atoms with van der Waals surface area (Å²) >= 11 is 0. The molecule has 0 bridgehead atoms. The van der Waals surface area contributed by atoms with Gasteiger partial charge >= 0.3 is 5.97 Å². The van der Waals surface area contributed by atoms with E-state index in [2.05, 4.69) is 15.2 Å². The van der Waals surface area contributed by atoms with Crippen LogP contribution in [0.3, 0.4) is 0 Å². The lowest BCUT2D eigenvalue weighted by atomic mass is 9.97. The van der Waals surface area contributed by atoms with Crippen molar-refractivity contribution < 1.29 is 19.0 Å². The highest BCUT2D eigenvalue weighted by Crippen LogP contribution is 2.18. The fourth-order valence-corrected chi connectivity index (χ4v) is 3.28. The van der Waals surface area contributed by atoms with E-state index in [-0.39, 0.29) is 11.9 Å². The van der Waals surface area contributed by atoms with Crippen molar-refractivity contribution in [3.8, 4) is 0 Å². The second-order valence-corrected chi connectivity index (χ2v) is 6.52. The number of hydrogen-bond acceptors (Lipinski definition) is 5. The van der Waals surface area contributed by atoms with Crippen LogP contribution in [0.5, 0.6) is 0 Å². The third-order valence-corrected chi connectivity index (χ3v) is 4.75. The molecule has 0 atom stereocenters. The van der Waals surface area contributed by atoms with Crippen molar-refractivity contribution in [2.45, 2.75) is 45.1 Å². The Balaban J connectivity index is 1.60. The SMILES string of the molecule is CCOC(=O)C1CCN(C(=NC)NCCCOC2CCOCC2)CC1. The molecule has 25 heavy (non-hydrogen) atoms. The van der Waals surface area contributed by atoms with E-state index >= 15 is 0 Å². The maximum atomic E-state index is 11.8. The smallest absolute Gasteiger partial charge is 0.309 e. The molecule has 2 heterocycles. The van der Waals surface area contributed by atoms with E-state index in [1.807, 2.05) is 6.92 Å². The standard InChI is InChI=1S/C18H33N3O4/c1-3-24-17(22)15-5-10-21(11-6-15)18(19-2)20-9-4-12-25-16-7-13-23-14-8-16/h15-16H,3-14H2,1-2H3,(H,19,20). The van der Waals surface area contributed by atoms with Crippen LogP contribution in [0.2, 0.25) is 0 Å². The van der Waals surface area contributed by atoms with Gasteiger partial charge < -0.3 is 24.4 Å². The van der Waals surface area contributed by atoms with E-state index in [0.717, 1.165) is 77.5 Å². The van der Waals surface area contributed by atoms with Gasteiger partial charge in [0.25, 0.3) is 0 Å². The van der Waals surface area contributed by atoms with Crippen molar-refractivity contribution in [1.82, 2.24) is 10.2 Å². The van der Waals surface area contributed by atoms with Gasteiger partial charge in [-0.3, -0.25) is 9.79 Å². The van der Waals surface area contributed by atoms with Gasteiger partial charge in [-0.1, -0.05) is 0 Å². The minimum Gasteiger partial charge on any atom is -0.466 e. The molecule has 2 aliphatic heterocycles. The molecule has 0 unspecified atom stereocenters. The second-order valence-electron chi connectivity index (χ2n) is 6.52. The number of nitrogens with one attached hydrogen (secondary N) is 1. The molecular formula is C18H33N3O4. The monoisotopic (exact) mass is 355 g/mol. The average Bonchev–Trinajstić information content (AvgIpc) is 2.66. The predicted molar refractivity (Wildman–Crippen MR) is 96.7 cm³/mol. The van der Waals surface area contributed by atoms with Crippen LogP contribution in [0, 0.1) is 5.92 Å². The molecule has 0 saturated carbocycles. The number of esters is 1. The van der Waals surface area contributed by atoms with E-state index in [1.165, 1.54) is 0 Å². The number of piperidine rings is 1. The molecule has 2 aliphatic rings. The van der Waals surface area contributed by atoms with Crippen LogP contribution in [0.4, 0.5) is 0 Å². The molecule has 144 valence electrons. The Morgan fingerprint density at radius 1 is 1.24 bits per heavy atom. The Morgan fingerprint density at radius 2 is 1.96 bits per heavy atom. The fourth-order valence-electron chi connectivity index (χ4n) is 3.28. The van der Waals surface area contributed by atoms with E-state index in [0.29, 0.717) is 12.7 Å². The summed E-state index contributed by atoms with van der Waals surface area (Å²) < 4.78 is 16.3. The van der Waals surface area contributed by atoms with Crippen molar-refractivity contribution in [2.75, 3.05) is 53.1 Å². The normalized spacial score (nSPS) is 20.6. The molecule has 2 fully saturated rings. The summed E-state index contributed by atoms with van der Waals surface area (Å²) in [7, 11) is 1.80. The molecule has 0 aromatic rings. The zero-order valence-corrected chi connectivity index (χ0v) is 15.7. The number of rotatable bonds is 7. The summed E-state index contributed by atoms with van der Waals surface area (Å²) in [6.45, 7) is 7.22. The number of guanidine groups is 1. The van der Waals surface area contributed by atoms with Gasteiger partial charge in [-0.25, -0.2) is 0 Å². The summed E-state index contributed by atoms with van der Waals surface area (Å²) in [5.74, 6) is 0.880. The third kappa shape index (κ3) is 6.82. The second kappa shape index (κ2) is 11.3. The van der Waals surface area contributed by atoms with Crippen molar-refractivity contribution >= 4 is 11.9 Å². The van der Waals surface area contributed by atoms with Crippen molar-refractivity contribution in [1.29, 1.82) is 0 Å². The number of likely N-dealkylation sites (tertiary alicyclic amines) is 1. The summed E-state index contributed by atoms with van der Waals surface area (Å²) in [5.41, 5.74) is 0. The van der Waals surface area contributed by atoms with Gasteiger partial charge in [-0.2, -0.15) is 0 Å². The third-order valence-electron chi connectivity index (χ3n) is 4.75. The number of carbonyl (C=O) groups excluding carboxylic acids is 1. The van der Waals surface area contributed by atoms with Crippen LogP contribution >= 0.6 is 0 Å². The van der Waals surface area contributed by atoms with Crippen LogP contribution in [-0.2, 0) is 19.0 Å². The lowest BCUT2D eigenvalue weighted by molar-refractivity contribution is -0.149. The number of hydrogen-bond donors (Lipinski definition) is 1. The molecule has 0 aliphatic carbocycles. The summed E-state index contributed by atoms with van der Waals surface area (Å²) in [6, 6.07) is 0. The Bertz CT molecular complexity index is 417. The first kappa shape index (κ1) is 20.0. The molecule has 2 rings (SSSR count). The zero-order valence-electron chi connectivity index (χ0n) is 15.7. The van der Waals surface area contributed by atoms with Gasteiger partial charge in [0, 0.05) is 46.5 Å². The first-order valence-corrected chi connectivity index (χ1v) is 9.56. The predicted octanol–water partition coefficient (Wildman–Crippen LogP) is 1.42. The average molecular weight is 355 g/mol. The Kier molecular flexibility index (Phi) is 9.04. The zero-order chi connectivity index (χ0) is 17.9. The van der Waals surface area contributed by atoms with Gasteiger partial charge in [0.05, 0.1) is 18.6 Å². The van der Waals surface area contributed by atoms with Crippen LogP contribution in [-0.4, -0.2) is 76.0 Å².